The number of fused-ring (bicyclic) bond motifs is 2. The summed E-state index contributed by atoms with van der Waals surface area (Å²) in [5.74, 6) is -2.43. The van der Waals surface area contributed by atoms with Crippen LogP contribution in [0.25, 0.3) is 0 Å². The minimum absolute atomic E-state index is 0.0704. The second kappa shape index (κ2) is 8.56. The first kappa shape index (κ1) is 27.6. The highest BCUT2D eigenvalue weighted by Crippen LogP contribution is 2.65. The van der Waals surface area contributed by atoms with E-state index in [1.54, 1.807) is 0 Å². The summed E-state index contributed by atoms with van der Waals surface area (Å²) >= 11 is 0. The van der Waals surface area contributed by atoms with Crippen LogP contribution in [0.5, 0.6) is 0 Å². The Labute approximate surface area is 213 Å². The summed E-state index contributed by atoms with van der Waals surface area (Å²) in [7, 11) is -5.84. The van der Waals surface area contributed by atoms with Crippen LogP contribution in [0.3, 0.4) is 0 Å². The van der Waals surface area contributed by atoms with Crippen molar-refractivity contribution >= 4 is 27.7 Å². The molecule has 0 bridgehead atoms. The van der Waals surface area contributed by atoms with E-state index in [1.165, 1.54) is 25.5 Å². The molecule has 0 unspecified atom stereocenters. The van der Waals surface area contributed by atoms with Crippen LogP contribution in [0.2, 0.25) is 0 Å². The first-order chi connectivity index (χ1) is 16.8. The number of halogens is 3. The molecule has 0 aromatic carbocycles. The molecule has 4 aliphatic rings. The number of carbonyl (C=O) groups excluding carboxylic acids is 3. The fraction of sp³-hybridized carbons (Fsp3) is 0.826. The maximum atomic E-state index is 13.5. The highest BCUT2D eigenvalue weighted by molar-refractivity contribution is 7.90. The number of nitrogens with one attached hydrogen (secondary N) is 3. The molecule has 0 spiro atoms. The van der Waals surface area contributed by atoms with Crippen molar-refractivity contribution in [1.29, 1.82) is 5.26 Å². The molecule has 2 aliphatic heterocycles. The lowest BCUT2D eigenvalue weighted by Gasteiger charge is -2.37. The van der Waals surface area contributed by atoms with E-state index in [0.29, 0.717) is 0 Å². The number of alkyl halides is 3. The van der Waals surface area contributed by atoms with Crippen LogP contribution in [0, 0.1) is 45.8 Å². The fourth-order valence-corrected chi connectivity index (χ4v) is 6.94. The van der Waals surface area contributed by atoms with Crippen molar-refractivity contribution in [3.8, 4) is 6.07 Å². The SMILES string of the molecule is CC(C)(C)[C@H](NS(=O)(=O)C(F)(F)F)C(=O)N1C[C@H]2[C@@H]([C@H]1C(=O)N[C@H](C#N)C[C@H]1C(=O)N[C@@H]3C[C@@H]31)C2(C)C. The third kappa shape index (κ3) is 4.80. The molecular weight excluding hydrogens is 515 g/mol. The summed E-state index contributed by atoms with van der Waals surface area (Å²) in [4.78, 5) is 40.3. The Kier molecular flexibility index (Phi) is 6.39. The Morgan fingerprint density at radius 1 is 1.27 bits per heavy atom. The van der Waals surface area contributed by atoms with Crippen molar-refractivity contribution in [2.75, 3.05) is 6.54 Å². The number of likely N-dealkylation sites (tertiary alicyclic amines) is 1. The van der Waals surface area contributed by atoms with Gasteiger partial charge in [-0.25, -0.2) is 8.42 Å². The number of sulfonamides is 1. The molecule has 0 aromatic heterocycles. The monoisotopic (exact) mass is 547 g/mol. The zero-order chi connectivity index (χ0) is 27.9. The number of amides is 3. The molecule has 2 aliphatic carbocycles. The Hall–Kier alpha value is -2.40. The lowest BCUT2D eigenvalue weighted by Crippen LogP contribution is -2.60. The molecule has 37 heavy (non-hydrogen) atoms. The van der Waals surface area contributed by atoms with Crippen LogP contribution in [-0.2, 0) is 24.4 Å². The molecule has 206 valence electrons. The molecular formula is C23H32F3N5O5S. The van der Waals surface area contributed by atoms with E-state index in [1.807, 2.05) is 19.9 Å². The molecule has 10 nitrogen and oxygen atoms in total. The molecule has 2 heterocycles. The van der Waals surface area contributed by atoms with Gasteiger partial charge in [-0.2, -0.15) is 23.2 Å². The number of rotatable bonds is 7. The average molecular weight is 548 g/mol. The summed E-state index contributed by atoms with van der Waals surface area (Å²) in [5.41, 5.74) is -7.18. The van der Waals surface area contributed by atoms with Gasteiger partial charge in [0.25, 0.3) is 0 Å². The zero-order valence-corrected chi connectivity index (χ0v) is 22.0. The molecule has 4 fully saturated rings. The van der Waals surface area contributed by atoms with Crippen LogP contribution < -0.4 is 15.4 Å². The van der Waals surface area contributed by atoms with E-state index in [2.05, 4.69) is 10.6 Å². The van der Waals surface area contributed by atoms with Gasteiger partial charge in [0.15, 0.2) is 0 Å². The molecule has 3 N–H and O–H groups in total. The quantitative estimate of drug-likeness (QED) is 0.431. The standard InChI is InChI=1S/C23H32F3N5O5S/c1-21(2,3)17(30-37(35,36)23(24,25)26)20(34)31-9-13-15(22(13,4)5)16(31)19(33)28-10(8-27)6-12-11-7-14(11)29-18(12)32/h10-17,30H,6-7,9H2,1-5H3,(H,28,33)(H,29,32)/t10-,11+,12+,13-,14+,15-,16-,17+/m0/s1. The third-order valence-electron chi connectivity index (χ3n) is 8.43. The van der Waals surface area contributed by atoms with Gasteiger partial charge in [-0.05, 0) is 41.4 Å². The van der Waals surface area contributed by atoms with Crippen LogP contribution >= 0.6 is 0 Å². The Bertz CT molecular complexity index is 1160. The molecule has 2 saturated carbocycles. The van der Waals surface area contributed by atoms with Crippen molar-refractivity contribution in [2.45, 2.75) is 77.1 Å². The van der Waals surface area contributed by atoms with Gasteiger partial charge < -0.3 is 15.5 Å². The van der Waals surface area contributed by atoms with Gasteiger partial charge in [-0.3, -0.25) is 14.4 Å². The van der Waals surface area contributed by atoms with Crippen LogP contribution in [0.1, 0.15) is 47.5 Å². The van der Waals surface area contributed by atoms with E-state index in [0.717, 1.165) is 11.3 Å². The van der Waals surface area contributed by atoms with Crippen molar-refractivity contribution in [1.82, 2.24) is 20.3 Å². The summed E-state index contributed by atoms with van der Waals surface area (Å²) < 4.78 is 64.6. The van der Waals surface area contributed by atoms with Crippen molar-refractivity contribution in [3.63, 3.8) is 0 Å². The molecule has 4 rings (SSSR count). The van der Waals surface area contributed by atoms with Crippen molar-refractivity contribution < 1.29 is 36.0 Å². The topological polar surface area (TPSA) is 148 Å². The van der Waals surface area contributed by atoms with E-state index in [-0.39, 0.29) is 48.1 Å². The van der Waals surface area contributed by atoms with Gasteiger partial charge >= 0.3 is 15.5 Å². The maximum absolute atomic E-state index is 13.5. The fourth-order valence-electron chi connectivity index (χ4n) is 6.04. The van der Waals surface area contributed by atoms with Crippen molar-refractivity contribution in [2.24, 2.45) is 34.5 Å². The average Bonchev–Trinajstić information content (AvgIpc) is 3.48. The Balaban J connectivity index is 1.55. The van der Waals surface area contributed by atoms with Gasteiger partial charge in [0.05, 0.1) is 6.07 Å². The zero-order valence-electron chi connectivity index (χ0n) is 21.2. The number of hydrogen-bond donors (Lipinski definition) is 3. The lowest BCUT2D eigenvalue weighted by atomic mass is 9.86. The van der Waals surface area contributed by atoms with Gasteiger partial charge in [-0.15, -0.1) is 0 Å². The third-order valence-corrected chi connectivity index (χ3v) is 9.59. The molecule has 2 saturated heterocycles. The largest absolute Gasteiger partial charge is 0.511 e. The highest BCUT2D eigenvalue weighted by Gasteiger charge is 2.70. The first-order valence-electron chi connectivity index (χ1n) is 12.2. The minimum atomic E-state index is -5.84. The molecule has 0 aromatic rings. The number of hydrogen-bond acceptors (Lipinski definition) is 6. The number of nitriles is 1. The predicted molar refractivity (Wildman–Crippen MR) is 123 cm³/mol. The maximum Gasteiger partial charge on any atom is 0.511 e. The number of piperidine rings is 2. The van der Waals surface area contributed by atoms with E-state index in [4.69, 9.17) is 0 Å². The smallest absolute Gasteiger partial charge is 0.353 e. The molecule has 8 atom stereocenters. The summed E-state index contributed by atoms with van der Waals surface area (Å²) in [6.45, 7) is 8.17. The van der Waals surface area contributed by atoms with Gasteiger partial charge in [0.1, 0.15) is 18.1 Å². The molecule has 14 heteroatoms. The molecule has 0 radical (unpaired) electrons. The van der Waals surface area contributed by atoms with Gasteiger partial charge in [0.2, 0.25) is 17.7 Å². The normalized spacial score (nSPS) is 33.5. The van der Waals surface area contributed by atoms with Crippen LogP contribution in [0.4, 0.5) is 13.2 Å². The summed E-state index contributed by atoms with van der Waals surface area (Å²) in [6.07, 6.45) is 0.941. The van der Waals surface area contributed by atoms with E-state index >= 15 is 0 Å². The second-order valence-electron chi connectivity index (χ2n) is 12.3. The van der Waals surface area contributed by atoms with E-state index < -0.39 is 56.8 Å². The summed E-state index contributed by atoms with van der Waals surface area (Å²) in [6, 6.07) is -1.76. The van der Waals surface area contributed by atoms with Gasteiger partial charge in [-0.1, -0.05) is 34.6 Å². The predicted octanol–water partition coefficient (Wildman–Crippen LogP) is 0.856. The summed E-state index contributed by atoms with van der Waals surface area (Å²) in [5, 5.41) is 15.1. The van der Waals surface area contributed by atoms with E-state index in [9.17, 15) is 41.2 Å². The van der Waals surface area contributed by atoms with Crippen molar-refractivity contribution in [3.05, 3.63) is 0 Å². The van der Waals surface area contributed by atoms with Crippen LogP contribution in [-0.4, -0.2) is 67.3 Å². The molecule has 3 amide bonds. The lowest BCUT2D eigenvalue weighted by molar-refractivity contribution is -0.143. The number of nitrogens with zero attached hydrogens (tertiary/aromatic N) is 2. The Morgan fingerprint density at radius 3 is 2.38 bits per heavy atom. The first-order valence-corrected chi connectivity index (χ1v) is 13.7. The number of carbonyl (C=O) groups is 3. The van der Waals surface area contributed by atoms with Crippen LogP contribution in [0.15, 0.2) is 0 Å². The highest BCUT2D eigenvalue weighted by atomic mass is 32.2. The van der Waals surface area contributed by atoms with Gasteiger partial charge in [0, 0.05) is 18.5 Å². The Morgan fingerprint density at radius 2 is 1.89 bits per heavy atom. The minimum Gasteiger partial charge on any atom is -0.353 e. The second-order valence-corrected chi connectivity index (χ2v) is 14.0.